The molecule has 1 fully saturated rings. The minimum atomic E-state index is 0.261. The fourth-order valence-electron chi connectivity index (χ4n) is 1.34. The predicted molar refractivity (Wildman–Crippen MR) is 35.9 cm³/mol. The number of nitrogens with two attached hydrogens (primary N) is 1. The maximum atomic E-state index is 8.77. The molecule has 0 bridgehead atoms. The van der Waals surface area contributed by atoms with Crippen LogP contribution in [0.15, 0.2) is 0 Å². The summed E-state index contributed by atoms with van der Waals surface area (Å²) in [7, 11) is 0. The van der Waals surface area contributed by atoms with Crippen molar-refractivity contribution in [3.05, 3.63) is 0 Å². The zero-order valence-electron chi connectivity index (χ0n) is 5.58. The van der Waals surface area contributed by atoms with E-state index in [1.807, 2.05) is 0 Å². The van der Waals surface area contributed by atoms with Gasteiger partial charge in [-0.15, -0.1) is 0 Å². The van der Waals surface area contributed by atoms with Gasteiger partial charge in [-0.2, -0.15) is 0 Å². The van der Waals surface area contributed by atoms with E-state index in [9.17, 15) is 0 Å². The second-order valence-electron chi connectivity index (χ2n) is 2.47. The summed E-state index contributed by atoms with van der Waals surface area (Å²) in [5.74, 6) is 0. The molecule has 0 amide bonds. The molecule has 1 rings (SSSR count). The quantitative estimate of drug-likeness (QED) is 0.522. The Morgan fingerprint density at radius 1 is 1.67 bits per heavy atom. The van der Waals surface area contributed by atoms with Gasteiger partial charge in [-0.05, 0) is 19.4 Å². The van der Waals surface area contributed by atoms with E-state index in [1.165, 1.54) is 6.42 Å². The Morgan fingerprint density at radius 2 is 2.44 bits per heavy atom. The van der Waals surface area contributed by atoms with Crippen LogP contribution < -0.4 is 5.73 Å². The summed E-state index contributed by atoms with van der Waals surface area (Å²) in [6, 6.07) is 0.343. The summed E-state index contributed by atoms with van der Waals surface area (Å²) in [5.41, 5.74) is 5.41. The third-order valence-electron chi connectivity index (χ3n) is 1.94. The second-order valence-corrected chi connectivity index (χ2v) is 2.47. The molecule has 1 aliphatic rings. The third kappa shape index (κ3) is 1.41. The maximum Gasteiger partial charge on any atom is 0.0587 e. The Bertz CT molecular complexity index is 77.1. The number of aliphatic hydroxyl groups is 1. The van der Waals surface area contributed by atoms with Crippen molar-refractivity contribution >= 4 is 0 Å². The molecule has 0 saturated carbocycles. The Hall–Kier alpha value is -0.120. The van der Waals surface area contributed by atoms with E-state index in [1.54, 1.807) is 0 Å². The zero-order chi connectivity index (χ0) is 6.69. The molecule has 0 aliphatic carbocycles. The number of hydrogen-bond donors (Lipinski definition) is 2. The van der Waals surface area contributed by atoms with E-state index in [4.69, 9.17) is 10.8 Å². The van der Waals surface area contributed by atoms with Crippen molar-refractivity contribution in [3.63, 3.8) is 0 Å². The Kier molecular flexibility index (Phi) is 2.45. The number of nitrogens with zero attached hydrogens (tertiary/aromatic N) is 1. The third-order valence-corrected chi connectivity index (χ3v) is 1.94. The molecule has 9 heavy (non-hydrogen) atoms. The molecule has 54 valence electrons. The molecule has 3 nitrogen and oxygen atoms in total. The summed E-state index contributed by atoms with van der Waals surface area (Å²) < 4.78 is 0. The van der Waals surface area contributed by atoms with Crippen molar-refractivity contribution in [1.29, 1.82) is 0 Å². The molecule has 0 aromatic rings. The van der Waals surface area contributed by atoms with E-state index in [0.29, 0.717) is 12.7 Å². The average Bonchev–Trinajstić information content (AvgIpc) is 2.33. The lowest BCUT2D eigenvalue weighted by atomic mass is 10.2. The van der Waals surface area contributed by atoms with Crippen LogP contribution in [0.1, 0.15) is 12.8 Å². The highest BCUT2D eigenvalue weighted by atomic mass is 16.3. The molecule has 0 aromatic carbocycles. The molecule has 3 heteroatoms. The van der Waals surface area contributed by atoms with Gasteiger partial charge in [0.1, 0.15) is 0 Å². The number of hydrogen-bond acceptors (Lipinski definition) is 3. The Labute approximate surface area is 55.5 Å². The van der Waals surface area contributed by atoms with Crippen molar-refractivity contribution in [2.45, 2.75) is 18.9 Å². The van der Waals surface area contributed by atoms with Crippen LogP contribution in [0.4, 0.5) is 0 Å². The lowest BCUT2D eigenvalue weighted by Crippen LogP contribution is -2.36. The molecular weight excluding hydrogens is 116 g/mol. The lowest BCUT2D eigenvalue weighted by molar-refractivity contribution is 0.162. The molecular formula is C6H14N2O. The zero-order valence-corrected chi connectivity index (χ0v) is 5.58. The summed E-state index contributed by atoms with van der Waals surface area (Å²) in [4.78, 5) is 2.11. The molecule has 0 aromatic heterocycles. The lowest BCUT2D eigenvalue weighted by Gasteiger charge is -2.19. The first-order valence-electron chi connectivity index (χ1n) is 3.43. The highest BCUT2D eigenvalue weighted by Crippen LogP contribution is 2.14. The van der Waals surface area contributed by atoms with Crippen molar-refractivity contribution in [2.75, 3.05) is 19.8 Å². The SMILES string of the molecule is NCN1CCCC1CO. The van der Waals surface area contributed by atoms with E-state index >= 15 is 0 Å². The van der Waals surface area contributed by atoms with Crippen molar-refractivity contribution in [2.24, 2.45) is 5.73 Å². The van der Waals surface area contributed by atoms with Crippen LogP contribution in [-0.4, -0.2) is 35.9 Å². The van der Waals surface area contributed by atoms with Crippen LogP contribution in [0.25, 0.3) is 0 Å². The first-order chi connectivity index (χ1) is 4.38. The molecule has 1 atom stereocenters. The highest BCUT2D eigenvalue weighted by Gasteiger charge is 2.21. The van der Waals surface area contributed by atoms with Gasteiger partial charge < -0.3 is 10.8 Å². The molecule has 0 radical (unpaired) electrons. The molecule has 1 heterocycles. The minimum Gasteiger partial charge on any atom is -0.395 e. The highest BCUT2D eigenvalue weighted by molar-refractivity contribution is 4.76. The summed E-state index contributed by atoms with van der Waals surface area (Å²) in [6.45, 7) is 1.91. The number of aliphatic hydroxyl groups excluding tert-OH is 1. The van der Waals surface area contributed by atoms with Crippen LogP contribution in [0.5, 0.6) is 0 Å². The average molecular weight is 130 g/mol. The summed E-state index contributed by atoms with van der Waals surface area (Å²) >= 11 is 0. The van der Waals surface area contributed by atoms with Gasteiger partial charge >= 0.3 is 0 Å². The minimum absolute atomic E-state index is 0.261. The maximum absolute atomic E-state index is 8.77. The van der Waals surface area contributed by atoms with E-state index in [2.05, 4.69) is 4.90 Å². The van der Waals surface area contributed by atoms with Gasteiger partial charge in [0.05, 0.1) is 6.61 Å². The molecule has 1 saturated heterocycles. The first-order valence-corrected chi connectivity index (χ1v) is 3.43. The van der Waals surface area contributed by atoms with Crippen LogP contribution in [0.2, 0.25) is 0 Å². The molecule has 1 aliphatic heterocycles. The number of rotatable bonds is 2. The van der Waals surface area contributed by atoms with Crippen LogP contribution in [0, 0.1) is 0 Å². The second kappa shape index (κ2) is 3.15. The van der Waals surface area contributed by atoms with Crippen molar-refractivity contribution < 1.29 is 5.11 Å². The largest absolute Gasteiger partial charge is 0.395 e. The van der Waals surface area contributed by atoms with Gasteiger partial charge in [0.2, 0.25) is 0 Å². The normalized spacial score (nSPS) is 29.3. The van der Waals surface area contributed by atoms with E-state index in [-0.39, 0.29) is 6.61 Å². The van der Waals surface area contributed by atoms with Gasteiger partial charge in [0.25, 0.3) is 0 Å². The molecule has 1 unspecified atom stereocenters. The van der Waals surface area contributed by atoms with Crippen molar-refractivity contribution in [1.82, 2.24) is 4.90 Å². The van der Waals surface area contributed by atoms with Gasteiger partial charge in [-0.25, -0.2) is 0 Å². The standard InChI is InChI=1S/C6H14N2O/c7-5-8-3-1-2-6(8)4-9/h6,9H,1-5,7H2. The van der Waals surface area contributed by atoms with Crippen LogP contribution in [0.3, 0.4) is 0 Å². The summed E-state index contributed by atoms with van der Waals surface area (Å²) in [6.07, 6.45) is 2.29. The fraction of sp³-hybridized carbons (Fsp3) is 1.00. The van der Waals surface area contributed by atoms with Gasteiger partial charge in [-0.1, -0.05) is 0 Å². The first kappa shape index (κ1) is 6.99. The Morgan fingerprint density at radius 3 is 2.89 bits per heavy atom. The molecule has 3 N–H and O–H groups in total. The topological polar surface area (TPSA) is 49.5 Å². The van der Waals surface area contributed by atoms with Gasteiger partial charge in [0.15, 0.2) is 0 Å². The Balaban J connectivity index is 2.32. The monoisotopic (exact) mass is 130 g/mol. The van der Waals surface area contributed by atoms with Gasteiger partial charge in [0, 0.05) is 12.7 Å². The smallest absolute Gasteiger partial charge is 0.0587 e. The number of likely N-dealkylation sites (tertiary alicyclic amines) is 1. The predicted octanol–water partition coefficient (Wildman–Crippen LogP) is -0.641. The molecule has 0 spiro atoms. The van der Waals surface area contributed by atoms with Crippen LogP contribution >= 0.6 is 0 Å². The van der Waals surface area contributed by atoms with E-state index in [0.717, 1.165) is 13.0 Å². The van der Waals surface area contributed by atoms with E-state index < -0.39 is 0 Å². The van der Waals surface area contributed by atoms with Gasteiger partial charge in [-0.3, -0.25) is 4.90 Å². The van der Waals surface area contributed by atoms with Crippen LogP contribution in [-0.2, 0) is 0 Å². The fourth-order valence-corrected chi connectivity index (χ4v) is 1.34. The van der Waals surface area contributed by atoms with Crippen molar-refractivity contribution in [3.8, 4) is 0 Å². The summed E-state index contributed by atoms with van der Waals surface area (Å²) in [5, 5.41) is 8.77.